The molecule has 0 saturated carbocycles. The molecular formula is C22H29NO2. The zero-order valence-electron chi connectivity index (χ0n) is 15.4. The summed E-state index contributed by atoms with van der Waals surface area (Å²) in [6.45, 7) is 3.56. The Hall–Kier alpha value is -2.00. The molecule has 0 amide bonds. The van der Waals surface area contributed by atoms with Crippen molar-refractivity contribution in [2.45, 2.75) is 25.7 Å². The van der Waals surface area contributed by atoms with Crippen molar-refractivity contribution in [3.8, 4) is 11.5 Å². The van der Waals surface area contributed by atoms with E-state index in [1.165, 1.54) is 43.6 Å². The van der Waals surface area contributed by atoms with Crippen molar-refractivity contribution in [3.63, 3.8) is 0 Å². The SMILES string of the molecule is COc1cccc(CC2CCN(CCc3ccccc3)CC2)c1OC. The van der Waals surface area contributed by atoms with Crippen LogP contribution in [0.25, 0.3) is 0 Å². The Balaban J connectivity index is 1.50. The van der Waals surface area contributed by atoms with E-state index >= 15 is 0 Å². The van der Waals surface area contributed by atoms with Crippen molar-refractivity contribution >= 4 is 0 Å². The van der Waals surface area contributed by atoms with Gasteiger partial charge in [0.25, 0.3) is 0 Å². The van der Waals surface area contributed by atoms with Gasteiger partial charge in [0.1, 0.15) is 0 Å². The second kappa shape index (κ2) is 8.91. The lowest BCUT2D eigenvalue weighted by atomic mass is 9.89. The molecule has 25 heavy (non-hydrogen) atoms. The Labute approximate surface area is 151 Å². The number of hydrogen-bond acceptors (Lipinski definition) is 3. The van der Waals surface area contributed by atoms with E-state index in [0.717, 1.165) is 30.3 Å². The highest BCUT2D eigenvalue weighted by Crippen LogP contribution is 2.34. The zero-order valence-corrected chi connectivity index (χ0v) is 15.4. The van der Waals surface area contributed by atoms with E-state index in [4.69, 9.17) is 9.47 Å². The molecule has 0 spiro atoms. The van der Waals surface area contributed by atoms with E-state index in [1.54, 1.807) is 14.2 Å². The smallest absolute Gasteiger partial charge is 0.163 e. The van der Waals surface area contributed by atoms with Gasteiger partial charge in [0.15, 0.2) is 11.5 Å². The quantitative estimate of drug-likeness (QED) is 0.754. The Morgan fingerprint density at radius 3 is 2.36 bits per heavy atom. The first-order chi connectivity index (χ1) is 12.3. The first-order valence-corrected chi connectivity index (χ1v) is 9.26. The highest BCUT2D eigenvalue weighted by Gasteiger charge is 2.21. The first-order valence-electron chi connectivity index (χ1n) is 9.26. The molecule has 0 aliphatic carbocycles. The van der Waals surface area contributed by atoms with Gasteiger partial charge in [-0.3, -0.25) is 0 Å². The average molecular weight is 339 g/mol. The molecule has 0 atom stereocenters. The number of benzene rings is 2. The molecule has 0 unspecified atom stereocenters. The number of nitrogens with zero attached hydrogens (tertiary/aromatic N) is 1. The van der Waals surface area contributed by atoms with Gasteiger partial charge in [-0.2, -0.15) is 0 Å². The molecule has 0 bridgehead atoms. The van der Waals surface area contributed by atoms with Crippen LogP contribution in [-0.4, -0.2) is 38.8 Å². The van der Waals surface area contributed by atoms with Crippen LogP contribution >= 0.6 is 0 Å². The summed E-state index contributed by atoms with van der Waals surface area (Å²) in [6.07, 6.45) is 4.74. The highest BCUT2D eigenvalue weighted by molar-refractivity contribution is 5.46. The summed E-state index contributed by atoms with van der Waals surface area (Å²) >= 11 is 0. The van der Waals surface area contributed by atoms with Crippen molar-refractivity contribution in [3.05, 3.63) is 59.7 Å². The van der Waals surface area contributed by atoms with Crippen LogP contribution in [0.1, 0.15) is 24.0 Å². The molecule has 3 rings (SSSR count). The fourth-order valence-corrected chi connectivity index (χ4v) is 3.77. The second-order valence-corrected chi connectivity index (χ2v) is 6.88. The minimum Gasteiger partial charge on any atom is -0.493 e. The molecule has 0 N–H and O–H groups in total. The maximum Gasteiger partial charge on any atom is 0.163 e. The van der Waals surface area contributed by atoms with Crippen molar-refractivity contribution in [1.82, 2.24) is 4.90 Å². The molecule has 3 heteroatoms. The number of likely N-dealkylation sites (tertiary alicyclic amines) is 1. The molecule has 1 aliphatic rings. The summed E-state index contributed by atoms with van der Waals surface area (Å²) in [5.41, 5.74) is 2.70. The van der Waals surface area contributed by atoms with Crippen molar-refractivity contribution in [2.75, 3.05) is 33.9 Å². The standard InChI is InChI=1S/C22H29NO2/c1-24-21-10-6-9-20(22(21)25-2)17-19-12-15-23(16-13-19)14-11-18-7-4-3-5-8-18/h3-10,19H,11-17H2,1-2H3. The Morgan fingerprint density at radius 1 is 0.920 bits per heavy atom. The third-order valence-electron chi connectivity index (χ3n) is 5.26. The number of piperidine rings is 1. The minimum absolute atomic E-state index is 0.731. The monoisotopic (exact) mass is 339 g/mol. The van der Waals surface area contributed by atoms with Gasteiger partial charge in [0, 0.05) is 6.54 Å². The van der Waals surface area contributed by atoms with E-state index in [2.05, 4.69) is 47.4 Å². The summed E-state index contributed by atoms with van der Waals surface area (Å²) < 4.78 is 11.0. The Bertz CT molecular complexity index is 648. The zero-order chi connectivity index (χ0) is 17.5. The van der Waals surface area contributed by atoms with Crippen molar-refractivity contribution in [2.24, 2.45) is 5.92 Å². The normalized spacial score (nSPS) is 15.9. The fourth-order valence-electron chi connectivity index (χ4n) is 3.77. The number of ether oxygens (including phenoxy) is 2. The van der Waals surface area contributed by atoms with E-state index in [-0.39, 0.29) is 0 Å². The lowest BCUT2D eigenvalue weighted by molar-refractivity contribution is 0.185. The summed E-state index contributed by atoms with van der Waals surface area (Å²) in [4.78, 5) is 2.60. The minimum atomic E-state index is 0.731. The van der Waals surface area contributed by atoms with Crippen LogP contribution in [0, 0.1) is 5.92 Å². The van der Waals surface area contributed by atoms with Crippen LogP contribution in [0.5, 0.6) is 11.5 Å². The van der Waals surface area contributed by atoms with Crippen molar-refractivity contribution < 1.29 is 9.47 Å². The molecular weight excluding hydrogens is 310 g/mol. The van der Waals surface area contributed by atoms with Gasteiger partial charge in [-0.25, -0.2) is 0 Å². The van der Waals surface area contributed by atoms with Gasteiger partial charge in [-0.1, -0.05) is 42.5 Å². The second-order valence-electron chi connectivity index (χ2n) is 6.88. The predicted octanol–water partition coefficient (Wildman–Crippen LogP) is 4.20. The molecule has 3 nitrogen and oxygen atoms in total. The molecule has 1 saturated heterocycles. The van der Waals surface area contributed by atoms with Crippen LogP contribution in [0.3, 0.4) is 0 Å². The molecule has 1 aliphatic heterocycles. The summed E-state index contributed by atoms with van der Waals surface area (Å²) in [5, 5.41) is 0. The summed E-state index contributed by atoms with van der Waals surface area (Å²) in [7, 11) is 3.43. The average Bonchev–Trinajstić information content (AvgIpc) is 2.68. The van der Waals surface area contributed by atoms with Crippen LogP contribution in [-0.2, 0) is 12.8 Å². The lowest BCUT2D eigenvalue weighted by Crippen LogP contribution is -2.35. The van der Waals surface area contributed by atoms with Gasteiger partial charge in [-0.05, 0) is 61.9 Å². The van der Waals surface area contributed by atoms with E-state index in [1.807, 2.05) is 6.07 Å². The number of methoxy groups -OCH3 is 2. The predicted molar refractivity (Wildman–Crippen MR) is 103 cm³/mol. The summed E-state index contributed by atoms with van der Waals surface area (Å²) in [6, 6.07) is 17.0. The van der Waals surface area contributed by atoms with Crippen LogP contribution < -0.4 is 9.47 Å². The fraction of sp³-hybridized carbons (Fsp3) is 0.455. The van der Waals surface area contributed by atoms with Crippen molar-refractivity contribution in [1.29, 1.82) is 0 Å². The van der Waals surface area contributed by atoms with E-state index in [9.17, 15) is 0 Å². The molecule has 2 aromatic rings. The molecule has 0 radical (unpaired) electrons. The number of rotatable bonds is 7. The number of para-hydroxylation sites is 1. The third kappa shape index (κ3) is 4.76. The molecule has 2 aromatic carbocycles. The van der Waals surface area contributed by atoms with E-state index < -0.39 is 0 Å². The van der Waals surface area contributed by atoms with Crippen LogP contribution in [0.15, 0.2) is 48.5 Å². The Kier molecular flexibility index (Phi) is 6.35. The molecule has 134 valence electrons. The topological polar surface area (TPSA) is 21.7 Å². The lowest BCUT2D eigenvalue weighted by Gasteiger charge is -2.32. The molecule has 1 heterocycles. The maximum atomic E-state index is 5.58. The maximum absolute atomic E-state index is 5.58. The highest BCUT2D eigenvalue weighted by atomic mass is 16.5. The first kappa shape index (κ1) is 17.8. The van der Waals surface area contributed by atoms with Gasteiger partial charge in [-0.15, -0.1) is 0 Å². The van der Waals surface area contributed by atoms with Gasteiger partial charge in [0.2, 0.25) is 0 Å². The summed E-state index contributed by atoms with van der Waals surface area (Å²) in [5.74, 6) is 2.46. The Morgan fingerprint density at radius 2 is 1.68 bits per heavy atom. The van der Waals surface area contributed by atoms with Gasteiger partial charge < -0.3 is 14.4 Å². The third-order valence-corrected chi connectivity index (χ3v) is 5.26. The largest absolute Gasteiger partial charge is 0.493 e. The number of hydrogen-bond donors (Lipinski definition) is 0. The van der Waals surface area contributed by atoms with Crippen LogP contribution in [0.4, 0.5) is 0 Å². The van der Waals surface area contributed by atoms with E-state index in [0.29, 0.717) is 0 Å². The molecule has 0 aromatic heterocycles. The molecule has 1 fully saturated rings. The van der Waals surface area contributed by atoms with Gasteiger partial charge in [0.05, 0.1) is 14.2 Å². The van der Waals surface area contributed by atoms with Gasteiger partial charge >= 0.3 is 0 Å². The van der Waals surface area contributed by atoms with Crippen LogP contribution in [0.2, 0.25) is 0 Å².